The Kier molecular flexibility index (Phi) is 6.03. The van der Waals surface area contributed by atoms with Crippen molar-refractivity contribution < 1.29 is 19.1 Å². The van der Waals surface area contributed by atoms with Crippen LogP contribution in [0.3, 0.4) is 0 Å². The minimum atomic E-state index is -0.634. The van der Waals surface area contributed by atoms with Crippen LogP contribution < -0.4 is 5.84 Å². The normalized spacial score (nSPS) is 16.6. The van der Waals surface area contributed by atoms with Crippen molar-refractivity contribution in [1.82, 2.24) is 9.91 Å². The van der Waals surface area contributed by atoms with Gasteiger partial charge in [0.05, 0.1) is 12.6 Å². The molecular weight excluding hydrogens is 322 g/mol. The smallest absolute Gasteiger partial charge is 0.424 e. The monoisotopic (exact) mass is 347 g/mol. The quantitative estimate of drug-likeness (QED) is 0.392. The summed E-state index contributed by atoms with van der Waals surface area (Å²) in [5, 5.41) is 0.975. The first-order chi connectivity index (χ1) is 11.8. The van der Waals surface area contributed by atoms with E-state index in [0.29, 0.717) is 6.54 Å². The summed E-state index contributed by atoms with van der Waals surface area (Å²) < 4.78 is 10.6. The van der Waals surface area contributed by atoms with Gasteiger partial charge in [-0.15, -0.1) is 0 Å². The summed E-state index contributed by atoms with van der Waals surface area (Å²) in [6.45, 7) is 6.04. The molecule has 0 radical (unpaired) electrons. The molecule has 0 unspecified atom stereocenters. The molecule has 0 saturated heterocycles. The topological polar surface area (TPSA) is 85.1 Å². The summed E-state index contributed by atoms with van der Waals surface area (Å²) in [5.74, 6) is 5.78. The number of amides is 2. The SMILES string of the molecule is CC(C)(C)OC(=O)N(N)C[C@@H]1C=CCN1C(=O)OCc1ccccc1. The van der Waals surface area contributed by atoms with Crippen molar-refractivity contribution in [2.75, 3.05) is 13.1 Å². The Morgan fingerprint density at radius 2 is 1.96 bits per heavy atom. The van der Waals surface area contributed by atoms with Crippen molar-refractivity contribution in [1.29, 1.82) is 0 Å². The number of hydrazine groups is 1. The summed E-state index contributed by atoms with van der Waals surface area (Å²) in [4.78, 5) is 25.8. The van der Waals surface area contributed by atoms with Crippen LogP contribution in [-0.4, -0.2) is 46.8 Å². The predicted octanol–water partition coefficient (Wildman–Crippen LogP) is 2.67. The molecule has 0 bridgehead atoms. The van der Waals surface area contributed by atoms with Gasteiger partial charge >= 0.3 is 12.2 Å². The first-order valence-electron chi connectivity index (χ1n) is 8.15. The lowest BCUT2D eigenvalue weighted by Gasteiger charge is -2.29. The molecular formula is C18H25N3O4. The summed E-state index contributed by atoms with van der Waals surface area (Å²) in [6.07, 6.45) is 2.59. The van der Waals surface area contributed by atoms with E-state index in [-0.39, 0.29) is 19.2 Å². The highest BCUT2D eigenvalue weighted by Gasteiger charge is 2.30. The van der Waals surface area contributed by atoms with E-state index in [1.165, 1.54) is 4.90 Å². The highest BCUT2D eigenvalue weighted by Crippen LogP contribution is 2.15. The molecule has 1 aromatic carbocycles. The van der Waals surface area contributed by atoms with Gasteiger partial charge in [0.15, 0.2) is 0 Å². The molecule has 7 nitrogen and oxygen atoms in total. The van der Waals surface area contributed by atoms with Crippen molar-refractivity contribution in [2.45, 2.75) is 39.0 Å². The molecule has 0 aromatic heterocycles. The Labute approximate surface area is 147 Å². The number of carbonyl (C=O) groups is 2. The molecule has 0 fully saturated rings. The fourth-order valence-electron chi connectivity index (χ4n) is 2.34. The molecule has 0 saturated carbocycles. The molecule has 136 valence electrons. The third-order valence-electron chi connectivity index (χ3n) is 3.51. The van der Waals surface area contributed by atoms with Gasteiger partial charge in [-0.3, -0.25) is 4.90 Å². The van der Waals surface area contributed by atoms with E-state index in [9.17, 15) is 9.59 Å². The van der Waals surface area contributed by atoms with Gasteiger partial charge in [-0.2, -0.15) is 0 Å². The van der Waals surface area contributed by atoms with Crippen LogP contribution in [0.5, 0.6) is 0 Å². The highest BCUT2D eigenvalue weighted by atomic mass is 16.6. The van der Waals surface area contributed by atoms with Crippen LogP contribution in [0.15, 0.2) is 42.5 Å². The lowest BCUT2D eigenvalue weighted by Crippen LogP contribution is -2.49. The third-order valence-corrected chi connectivity index (χ3v) is 3.51. The summed E-state index contributed by atoms with van der Waals surface area (Å²) >= 11 is 0. The number of ether oxygens (including phenoxy) is 2. The van der Waals surface area contributed by atoms with Crippen LogP contribution in [-0.2, 0) is 16.1 Å². The zero-order valence-electron chi connectivity index (χ0n) is 14.8. The minimum Gasteiger partial charge on any atom is -0.445 e. The second-order valence-corrected chi connectivity index (χ2v) is 6.82. The van der Waals surface area contributed by atoms with Crippen molar-refractivity contribution >= 4 is 12.2 Å². The van der Waals surface area contributed by atoms with E-state index >= 15 is 0 Å². The highest BCUT2D eigenvalue weighted by molar-refractivity contribution is 5.70. The van der Waals surface area contributed by atoms with Crippen molar-refractivity contribution in [3.63, 3.8) is 0 Å². The van der Waals surface area contributed by atoms with E-state index < -0.39 is 17.8 Å². The Morgan fingerprint density at radius 1 is 1.28 bits per heavy atom. The second-order valence-electron chi connectivity index (χ2n) is 6.82. The van der Waals surface area contributed by atoms with E-state index in [0.717, 1.165) is 10.6 Å². The van der Waals surface area contributed by atoms with Gasteiger partial charge in [0, 0.05) is 6.54 Å². The zero-order valence-corrected chi connectivity index (χ0v) is 14.8. The first-order valence-corrected chi connectivity index (χ1v) is 8.15. The van der Waals surface area contributed by atoms with Crippen molar-refractivity contribution in [2.24, 2.45) is 5.84 Å². The van der Waals surface area contributed by atoms with E-state index in [1.807, 2.05) is 42.5 Å². The molecule has 2 amide bonds. The molecule has 1 atom stereocenters. The molecule has 1 aliphatic heterocycles. The number of carbonyl (C=O) groups excluding carboxylic acids is 2. The van der Waals surface area contributed by atoms with Gasteiger partial charge in [-0.1, -0.05) is 42.5 Å². The maximum Gasteiger partial charge on any atom is 0.424 e. The molecule has 25 heavy (non-hydrogen) atoms. The Balaban J connectivity index is 1.87. The Morgan fingerprint density at radius 3 is 2.60 bits per heavy atom. The first kappa shape index (κ1) is 18.8. The van der Waals surface area contributed by atoms with Crippen LogP contribution in [0.2, 0.25) is 0 Å². The van der Waals surface area contributed by atoms with E-state index in [1.54, 1.807) is 20.8 Å². The Hall–Kier alpha value is -2.54. The van der Waals surface area contributed by atoms with Gasteiger partial charge in [-0.05, 0) is 26.3 Å². The summed E-state index contributed by atoms with van der Waals surface area (Å²) in [5.41, 5.74) is 0.280. The van der Waals surface area contributed by atoms with Crippen molar-refractivity contribution in [3.8, 4) is 0 Å². The number of benzene rings is 1. The fourth-order valence-corrected chi connectivity index (χ4v) is 2.34. The molecule has 1 aromatic rings. The summed E-state index contributed by atoms with van der Waals surface area (Å²) in [7, 11) is 0. The Bertz CT molecular complexity index is 625. The average molecular weight is 347 g/mol. The average Bonchev–Trinajstić information content (AvgIpc) is 3.00. The van der Waals surface area contributed by atoms with Crippen LogP contribution in [0.1, 0.15) is 26.3 Å². The molecule has 0 aliphatic carbocycles. The minimum absolute atomic E-state index is 0.131. The summed E-state index contributed by atoms with van der Waals surface area (Å²) in [6, 6.07) is 9.10. The third kappa shape index (κ3) is 5.79. The molecule has 2 N–H and O–H groups in total. The number of rotatable bonds is 4. The van der Waals surface area contributed by atoms with E-state index in [4.69, 9.17) is 15.3 Å². The van der Waals surface area contributed by atoms with Gasteiger partial charge in [-0.25, -0.2) is 20.4 Å². The molecule has 0 spiro atoms. The standard InChI is InChI=1S/C18H25N3O4/c1-18(2,3)25-17(23)21(19)12-15-10-7-11-20(15)16(22)24-13-14-8-5-4-6-9-14/h4-10,15H,11-13,19H2,1-3H3/t15-/m0/s1. The largest absolute Gasteiger partial charge is 0.445 e. The maximum absolute atomic E-state index is 12.3. The molecule has 1 aliphatic rings. The van der Waals surface area contributed by atoms with Crippen molar-refractivity contribution in [3.05, 3.63) is 48.0 Å². The van der Waals surface area contributed by atoms with Gasteiger partial charge in [0.25, 0.3) is 0 Å². The molecule has 7 heteroatoms. The second kappa shape index (κ2) is 8.02. The van der Waals surface area contributed by atoms with Crippen LogP contribution >= 0.6 is 0 Å². The number of nitrogens with zero attached hydrogens (tertiary/aromatic N) is 2. The number of hydrogen-bond donors (Lipinski definition) is 1. The van der Waals surface area contributed by atoms with Gasteiger partial charge < -0.3 is 9.47 Å². The molecule has 2 rings (SSSR count). The lowest BCUT2D eigenvalue weighted by molar-refractivity contribution is 0.0203. The number of nitrogens with two attached hydrogens (primary N) is 1. The van der Waals surface area contributed by atoms with Gasteiger partial charge in [0.1, 0.15) is 12.2 Å². The fraction of sp³-hybridized carbons (Fsp3) is 0.444. The van der Waals surface area contributed by atoms with E-state index in [2.05, 4.69) is 0 Å². The van der Waals surface area contributed by atoms with Crippen LogP contribution in [0.25, 0.3) is 0 Å². The lowest BCUT2D eigenvalue weighted by atomic mass is 10.2. The number of hydrogen-bond acceptors (Lipinski definition) is 5. The molecule has 1 heterocycles. The van der Waals surface area contributed by atoms with Gasteiger partial charge in [0.2, 0.25) is 0 Å². The maximum atomic E-state index is 12.3. The predicted molar refractivity (Wildman–Crippen MR) is 93.4 cm³/mol. The van der Waals surface area contributed by atoms with Crippen LogP contribution in [0.4, 0.5) is 9.59 Å². The zero-order chi connectivity index (χ0) is 18.4. The van der Waals surface area contributed by atoms with Crippen LogP contribution in [0, 0.1) is 0 Å².